The van der Waals surface area contributed by atoms with Crippen LogP contribution in [0, 0.1) is 0 Å². The topological polar surface area (TPSA) is 23.5 Å². The Labute approximate surface area is 166 Å². The van der Waals surface area contributed by atoms with Crippen molar-refractivity contribution >= 4 is 21.5 Å². The number of nitrogens with zero attached hydrogens (tertiary/aromatic N) is 1. The first-order chi connectivity index (χ1) is 13.8. The van der Waals surface area contributed by atoms with E-state index < -0.39 is 0 Å². The molecule has 1 fully saturated rings. The lowest BCUT2D eigenvalue weighted by molar-refractivity contribution is 0.221. The summed E-state index contributed by atoms with van der Waals surface area (Å²) >= 11 is 0. The summed E-state index contributed by atoms with van der Waals surface area (Å²) in [5, 5.41) is 15.6. The van der Waals surface area contributed by atoms with E-state index >= 15 is 0 Å². The Hall–Kier alpha value is -2.84. The first kappa shape index (κ1) is 17.3. The maximum Gasteiger partial charge on any atom is 0.124 e. The SMILES string of the molecule is Oc1ccc2ccccc2c1-c1c(CN2CCCCC2)ccc2ccccc12. The summed E-state index contributed by atoms with van der Waals surface area (Å²) in [6.45, 7) is 3.25. The van der Waals surface area contributed by atoms with Gasteiger partial charge < -0.3 is 5.11 Å². The van der Waals surface area contributed by atoms with E-state index in [0.717, 1.165) is 36.0 Å². The number of phenolic OH excluding ortho intramolecular Hbond substituents is 1. The van der Waals surface area contributed by atoms with Crippen molar-refractivity contribution in [1.29, 1.82) is 0 Å². The van der Waals surface area contributed by atoms with Gasteiger partial charge in [-0.3, -0.25) is 4.90 Å². The van der Waals surface area contributed by atoms with Crippen LogP contribution in [-0.2, 0) is 6.54 Å². The van der Waals surface area contributed by atoms with E-state index in [4.69, 9.17) is 0 Å². The fourth-order valence-corrected chi connectivity index (χ4v) is 4.62. The van der Waals surface area contributed by atoms with Crippen molar-refractivity contribution < 1.29 is 5.11 Å². The number of likely N-dealkylation sites (tertiary alicyclic amines) is 1. The molecular weight excluding hydrogens is 342 g/mol. The number of phenols is 1. The molecule has 0 saturated carbocycles. The van der Waals surface area contributed by atoms with E-state index in [0.29, 0.717) is 5.75 Å². The van der Waals surface area contributed by atoms with Crippen molar-refractivity contribution in [2.75, 3.05) is 13.1 Å². The second-order valence-electron chi connectivity index (χ2n) is 7.84. The Morgan fingerprint density at radius 2 is 1.25 bits per heavy atom. The van der Waals surface area contributed by atoms with Crippen LogP contribution in [0.2, 0.25) is 0 Å². The zero-order chi connectivity index (χ0) is 18.9. The van der Waals surface area contributed by atoms with Gasteiger partial charge in [-0.25, -0.2) is 0 Å². The number of piperidine rings is 1. The van der Waals surface area contributed by atoms with Crippen LogP contribution in [0.25, 0.3) is 32.7 Å². The molecule has 1 N–H and O–H groups in total. The minimum absolute atomic E-state index is 0.356. The third-order valence-corrected chi connectivity index (χ3v) is 6.01. The van der Waals surface area contributed by atoms with Crippen LogP contribution in [-0.4, -0.2) is 23.1 Å². The first-order valence-electron chi connectivity index (χ1n) is 10.3. The van der Waals surface area contributed by atoms with Gasteiger partial charge >= 0.3 is 0 Å². The third kappa shape index (κ3) is 3.04. The standard InChI is InChI=1S/C26H25NO/c28-24-15-14-20-9-3-5-11-23(20)26(24)25-21(18-27-16-6-1-7-17-27)13-12-19-8-2-4-10-22(19)25/h2-5,8-15,28H,1,6-7,16-18H2. The van der Waals surface area contributed by atoms with Gasteiger partial charge in [0.05, 0.1) is 0 Å². The van der Waals surface area contributed by atoms with Crippen molar-refractivity contribution in [3.63, 3.8) is 0 Å². The van der Waals surface area contributed by atoms with E-state index in [1.807, 2.05) is 12.1 Å². The molecule has 0 aliphatic carbocycles. The van der Waals surface area contributed by atoms with Gasteiger partial charge in [0, 0.05) is 12.1 Å². The van der Waals surface area contributed by atoms with Crippen molar-refractivity contribution in [2.24, 2.45) is 0 Å². The van der Waals surface area contributed by atoms with Crippen LogP contribution >= 0.6 is 0 Å². The molecular formula is C26H25NO. The molecule has 2 nitrogen and oxygen atoms in total. The van der Waals surface area contributed by atoms with Crippen LogP contribution in [0.5, 0.6) is 5.75 Å². The third-order valence-electron chi connectivity index (χ3n) is 6.01. The molecule has 1 saturated heterocycles. The summed E-state index contributed by atoms with van der Waals surface area (Å²) in [6.07, 6.45) is 3.90. The van der Waals surface area contributed by atoms with Gasteiger partial charge in [0.2, 0.25) is 0 Å². The molecule has 5 rings (SSSR count). The minimum atomic E-state index is 0.356. The molecule has 0 radical (unpaired) electrons. The molecule has 0 atom stereocenters. The Morgan fingerprint density at radius 1 is 0.643 bits per heavy atom. The molecule has 2 heteroatoms. The summed E-state index contributed by atoms with van der Waals surface area (Å²) in [6, 6.07) is 25.2. The first-order valence-corrected chi connectivity index (χ1v) is 10.3. The highest BCUT2D eigenvalue weighted by molar-refractivity contribution is 6.08. The largest absolute Gasteiger partial charge is 0.507 e. The van der Waals surface area contributed by atoms with E-state index in [1.54, 1.807) is 0 Å². The predicted molar refractivity (Wildman–Crippen MR) is 118 cm³/mol. The lowest BCUT2D eigenvalue weighted by atomic mass is 9.89. The Bertz CT molecular complexity index is 1140. The van der Waals surface area contributed by atoms with Crippen LogP contribution in [0.4, 0.5) is 0 Å². The second-order valence-corrected chi connectivity index (χ2v) is 7.84. The molecule has 0 spiro atoms. The smallest absolute Gasteiger partial charge is 0.124 e. The van der Waals surface area contributed by atoms with Crippen molar-refractivity contribution in [2.45, 2.75) is 25.8 Å². The summed E-state index contributed by atoms with van der Waals surface area (Å²) in [5.41, 5.74) is 3.44. The molecule has 140 valence electrons. The van der Waals surface area contributed by atoms with Gasteiger partial charge in [-0.15, -0.1) is 0 Å². The maximum absolute atomic E-state index is 10.9. The molecule has 28 heavy (non-hydrogen) atoms. The monoisotopic (exact) mass is 367 g/mol. The average Bonchev–Trinajstić information content (AvgIpc) is 2.75. The highest BCUT2D eigenvalue weighted by Gasteiger charge is 2.19. The maximum atomic E-state index is 10.9. The minimum Gasteiger partial charge on any atom is -0.507 e. The average molecular weight is 367 g/mol. The number of aromatic hydroxyl groups is 1. The quantitative estimate of drug-likeness (QED) is 0.456. The highest BCUT2D eigenvalue weighted by Crippen LogP contribution is 2.42. The van der Waals surface area contributed by atoms with Gasteiger partial charge in [0.25, 0.3) is 0 Å². The molecule has 0 bridgehead atoms. The summed E-state index contributed by atoms with van der Waals surface area (Å²) in [4.78, 5) is 2.55. The number of rotatable bonds is 3. The molecule has 0 unspecified atom stereocenters. The molecule has 4 aromatic rings. The Morgan fingerprint density at radius 3 is 1.96 bits per heavy atom. The number of benzene rings is 4. The van der Waals surface area contributed by atoms with Gasteiger partial charge in [0.15, 0.2) is 0 Å². The van der Waals surface area contributed by atoms with Crippen LogP contribution in [0.1, 0.15) is 24.8 Å². The fourth-order valence-electron chi connectivity index (χ4n) is 4.62. The van der Waals surface area contributed by atoms with Crippen LogP contribution in [0.3, 0.4) is 0 Å². The van der Waals surface area contributed by atoms with Gasteiger partial charge in [-0.2, -0.15) is 0 Å². The lowest BCUT2D eigenvalue weighted by Gasteiger charge is -2.28. The van der Waals surface area contributed by atoms with Crippen molar-refractivity contribution in [3.05, 3.63) is 78.4 Å². The predicted octanol–water partition coefficient (Wildman–Crippen LogP) is 6.35. The zero-order valence-electron chi connectivity index (χ0n) is 16.1. The normalized spacial score (nSPS) is 15.3. The zero-order valence-corrected chi connectivity index (χ0v) is 16.1. The van der Waals surface area contributed by atoms with E-state index in [1.165, 1.54) is 41.2 Å². The van der Waals surface area contributed by atoms with Gasteiger partial charge in [0.1, 0.15) is 5.75 Å². The van der Waals surface area contributed by atoms with E-state index in [9.17, 15) is 5.11 Å². The van der Waals surface area contributed by atoms with E-state index in [-0.39, 0.29) is 0 Å². The highest BCUT2D eigenvalue weighted by atomic mass is 16.3. The molecule has 1 heterocycles. The number of fused-ring (bicyclic) bond motifs is 2. The molecule has 1 aliphatic rings. The number of hydrogen-bond acceptors (Lipinski definition) is 2. The summed E-state index contributed by atoms with van der Waals surface area (Å²) < 4.78 is 0. The lowest BCUT2D eigenvalue weighted by Crippen LogP contribution is -2.29. The number of hydrogen-bond donors (Lipinski definition) is 1. The fraction of sp³-hybridized carbons (Fsp3) is 0.231. The Balaban J connectivity index is 1.78. The van der Waals surface area contributed by atoms with Gasteiger partial charge in [-0.05, 0) is 64.7 Å². The Kier molecular flexibility index (Phi) is 4.50. The summed E-state index contributed by atoms with van der Waals surface area (Å²) in [7, 11) is 0. The van der Waals surface area contributed by atoms with Crippen molar-refractivity contribution in [1.82, 2.24) is 4.90 Å². The second kappa shape index (κ2) is 7.29. The molecule has 0 aromatic heterocycles. The van der Waals surface area contributed by atoms with Gasteiger partial charge in [-0.1, -0.05) is 73.2 Å². The molecule has 1 aliphatic heterocycles. The van der Waals surface area contributed by atoms with Crippen LogP contribution < -0.4 is 0 Å². The van der Waals surface area contributed by atoms with Crippen molar-refractivity contribution in [3.8, 4) is 16.9 Å². The molecule has 4 aromatic carbocycles. The molecule has 0 amide bonds. The van der Waals surface area contributed by atoms with Crippen LogP contribution in [0.15, 0.2) is 72.8 Å². The van der Waals surface area contributed by atoms with E-state index in [2.05, 4.69) is 65.6 Å². The summed E-state index contributed by atoms with van der Waals surface area (Å²) in [5.74, 6) is 0.356.